The molecular formula is C27H29ClN2O2. The molecule has 0 radical (unpaired) electrons. The minimum absolute atomic E-state index is 0.0977. The summed E-state index contributed by atoms with van der Waals surface area (Å²) in [5, 5.41) is 3.34. The Hall–Kier alpha value is -3.11. The van der Waals surface area contributed by atoms with Crippen molar-refractivity contribution in [3.8, 4) is 0 Å². The van der Waals surface area contributed by atoms with Crippen molar-refractivity contribution in [1.82, 2.24) is 10.2 Å². The molecule has 0 aliphatic rings. The maximum atomic E-state index is 13.6. The number of amides is 2. The Labute approximate surface area is 195 Å². The van der Waals surface area contributed by atoms with Gasteiger partial charge in [0.1, 0.15) is 6.04 Å². The van der Waals surface area contributed by atoms with Crippen LogP contribution in [0, 0.1) is 13.8 Å². The van der Waals surface area contributed by atoms with E-state index in [0.29, 0.717) is 18.0 Å². The second kappa shape index (κ2) is 11.0. The molecule has 0 aliphatic carbocycles. The Bertz CT molecular complexity index is 1060. The van der Waals surface area contributed by atoms with E-state index >= 15 is 0 Å². The predicted octanol–water partition coefficient (Wildman–Crippen LogP) is 4.89. The first-order chi connectivity index (χ1) is 15.4. The monoisotopic (exact) mass is 448 g/mol. The van der Waals surface area contributed by atoms with Crippen LogP contribution in [0.4, 0.5) is 0 Å². The minimum Gasteiger partial charge on any atom is -0.357 e. The van der Waals surface area contributed by atoms with Crippen LogP contribution in [0.1, 0.15) is 27.8 Å². The number of benzene rings is 3. The van der Waals surface area contributed by atoms with E-state index in [2.05, 4.69) is 11.4 Å². The van der Waals surface area contributed by atoms with Gasteiger partial charge in [0, 0.05) is 25.0 Å². The Morgan fingerprint density at radius 1 is 0.875 bits per heavy atom. The van der Waals surface area contributed by atoms with Crippen LogP contribution in [0.25, 0.3) is 0 Å². The van der Waals surface area contributed by atoms with Gasteiger partial charge in [-0.3, -0.25) is 9.59 Å². The molecule has 0 bridgehead atoms. The largest absolute Gasteiger partial charge is 0.357 e. The van der Waals surface area contributed by atoms with Gasteiger partial charge < -0.3 is 10.2 Å². The molecule has 3 aromatic rings. The fourth-order valence-corrected chi connectivity index (χ4v) is 4.21. The highest BCUT2D eigenvalue weighted by atomic mass is 35.5. The first kappa shape index (κ1) is 23.6. The van der Waals surface area contributed by atoms with E-state index in [1.165, 1.54) is 0 Å². The molecule has 0 unspecified atom stereocenters. The van der Waals surface area contributed by atoms with E-state index in [-0.39, 0.29) is 18.2 Å². The lowest BCUT2D eigenvalue weighted by Crippen LogP contribution is -2.50. The Balaban J connectivity index is 1.96. The number of likely N-dealkylation sites (N-methyl/N-ethyl adjacent to an activating group) is 1. The average molecular weight is 449 g/mol. The quantitative estimate of drug-likeness (QED) is 0.533. The highest BCUT2D eigenvalue weighted by Crippen LogP contribution is 2.19. The third kappa shape index (κ3) is 6.44. The van der Waals surface area contributed by atoms with Crippen LogP contribution < -0.4 is 5.32 Å². The molecule has 0 aromatic heterocycles. The zero-order valence-corrected chi connectivity index (χ0v) is 19.5. The van der Waals surface area contributed by atoms with E-state index in [9.17, 15) is 9.59 Å². The van der Waals surface area contributed by atoms with Gasteiger partial charge in [-0.05, 0) is 42.7 Å². The lowest BCUT2D eigenvalue weighted by atomic mass is 10.0. The summed E-state index contributed by atoms with van der Waals surface area (Å²) >= 11 is 6.19. The third-order valence-corrected chi connectivity index (χ3v) is 5.63. The van der Waals surface area contributed by atoms with Crippen molar-refractivity contribution in [3.63, 3.8) is 0 Å². The van der Waals surface area contributed by atoms with Crippen molar-refractivity contribution >= 4 is 23.4 Å². The van der Waals surface area contributed by atoms with Gasteiger partial charge in [-0.2, -0.15) is 0 Å². The van der Waals surface area contributed by atoms with Gasteiger partial charge in [0.25, 0.3) is 0 Å². The van der Waals surface area contributed by atoms with Crippen LogP contribution in [0.3, 0.4) is 0 Å². The molecule has 0 saturated heterocycles. The van der Waals surface area contributed by atoms with Gasteiger partial charge in [0.2, 0.25) is 11.8 Å². The summed E-state index contributed by atoms with van der Waals surface area (Å²) in [7, 11) is 1.60. The second-order valence-corrected chi connectivity index (χ2v) is 8.58. The van der Waals surface area contributed by atoms with Crippen LogP contribution in [-0.4, -0.2) is 29.8 Å². The summed E-state index contributed by atoms with van der Waals surface area (Å²) in [5.41, 5.74) is 5.05. The fourth-order valence-electron chi connectivity index (χ4n) is 4.00. The Morgan fingerprint density at radius 3 is 2.16 bits per heavy atom. The summed E-state index contributed by atoms with van der Waals surface area (Å²) in [6.45, 7) is 4.34. The number of halogens is 1. The number of aryl methyl sites for hydroxylation is 2. The van der Waals surface area contributed by atoms with E-state index in [1.54, 1.807) is 18.0 Å². The SMILES string of the molecule is CNC(=O)[C@@H](Cc1ccccc1)N(Cc1cccc(Cl)c1)C(=O)Cc1cc(C)cc(C)c1. The van der Waals surface area contributed by atoms with Crippen LogP contribution in [-0.2, 0) is 29.0 Å². The van der Waals surface area contributed by atoms with Gasteiger partial charge in [0.05, 0.1) is 6.42 Å². The third-order valence-electron chi connectivity index (χ3n) is 5.40. The summed E-state index contributed by atoms with van der Waals surface area (Å²) in [6, 6.07) is 22.7. The zero-order valence-electron chi connectivity index (χ0n) is 18.8. The van der Waals surface area contributed by atoms with Crippen molar-refractivity contribution < 1.29 is 9.59 Å². The van der Waals surface area contributed by atoms with E-state index in [1.807, 2.05) is 74.5 Å². The van der Waals surface area contributed by atoms with E-state index < -0.39 is 6.04 Å². The van der Waals surface area contributed by atoms with E-state index in [4.69, 9.17) is 11.6 Å². The molecule has 1 N–H and O–H groups in total. The Kier molecular flexibility index (Phi) is 8.07. The Morgan fingerprint density at radius 2 is 1.53 bits per heavy atom. The normalized spacial score (nSPS) is 11.6. The highest BCUT2D eigenvalue weighted by molar-refractivity contribution is 6.30. The molecule has 0 heterocycles. The number of hydrogen-bond donors (Lipinski definition) is 1. The van der Waals surface area contributed by atoms with Crippen molar-refractivity contribution in [3.05, 3.63) is 106 Å². The summed E-state index contributed by atoms with van der Waals surface area (Å²) in [6.07, 6.45) is 0.658. The number of hydrogen-bond acceptors (Lipinski definition) is 2. The second-order valence-electron chi connectivity index (χ2n) is 8.14. The van der Waals surface area contributed by atoms with Crippen LogP contribution in [0.15, 0.2) is 72.8 Å². The topological polar surface area (TPSA) is 49.4 Å². The molecule has 0 saturated carbocycles. The van der Waals surface area contributed by atoms with Gasteiger partial charge in [-0.1, -0.05) is 83.4 Å². The van der Waals surface area contributed by atoms with Crippen molar-refractivity contribution in [2.45, 2.75) is 39.3 Å². The van der Waals surface area contributed by atoms with Gasteiger partial charge in [-0.15, -0.1) is 0 Å². The molecule has 5 heteroatoms. The molecule has 166 valence electrons. The van der Waals surface area contributed by atoms with Gasteiger partial charge in [-0.25, -0.2) is 0 Å². The fraction of sp³-hybridized carbons (Fsp3) is 0.259. The van der Waals surface area contributed by atoms with Crippen LogP contribution in [0.2, 0.25) is 5.02 Å². The maximum Gasteiger partial charge on any atom is 0.242 e. The van der Waals surface area contributed by atoms with Gasteiger partial charge in [0.15, 0.2) is 0 Å². The molecule has 3 aromatic carbocycles. The minimum atomic E-state index is -0.639. The summed E-state index contributed by atoms with van der Waals surface area (Å²) in [4.78, 5) is 28.2. The van der Waals surface area contributed by atoms with Crippen LogP contribution in [0.5, 0.6) is 0 Å². The smallest absolute Gasteiger partial charge is 0.242 e. The number of nitrogens with one attached hydrogen (secondary N) is 1. The molecule has 0 aliphatic heterocycles. The van der Waals surface area contributed by atoms with E-state index in [0.717, 1.165) is 27.8 Å². The lowest BCUT2D eigenvalue weighted by Gasteiger charge is -2.31. The first-order valence-electron chi connectivity index (χ1n) is 10.7. The molecule has 3 rings (SSSR count). The first-order valence-corrected chi connectivity index (χ1v) is 11.1. The van der Waals surface area contributed by atoms with Crippen molar-refractivity contribution in [1.29, 1.82) is 0 Å². The van der Waals surface area contributed by atoms with Crippen LogP contribution >= 0.6 is 11.6 Å². The molecule has 0 fully saturated rings. The molecule has 4 nitrogen and oxygen atoms in total. The van der Waals surface area contributed by atoms with Crippen molar-refractivity contribution in [2.24, 2.45) is 0 Å². The zero-order chi connectivity index (χ0) is 23.1. The predicted molar refractivity (Wildman–Crippen MR) is 130 cm³/mol. The number of carbonyl (C=O) groups is 2. The molecule has 2 amide bonds. The summed E-state index contributed by atoms with van der Waals surface area (Å²) in [5.74, 6) is -0.288. The number of rotatable bonds is 8. The molecule has 32 heavy (non-hydrogen) atoms. The lowest BCUT2D eigenvalue weighted by molar-refractivity contribution is -0.140. The maximum absolute atomic E-state index is 13.6. The average Bonchev–Trinajstić information content (AvgIpc) is 2.75. The molecule has 1 atom stereocenters. The highest BCUT2D eigenvalue weighted by Gasteiger charge is 2.29. The van der Waals surface area contributed by atoms with Gasteiger partial charge >= 0.3 is 0 Å². The standard InChI is InChI=1S/C27H29ClN2O2/c1-19-12-20(2)14-23(13-19)17-26(31)30(18-22-10-7-11-24(28)15-22)25(27(32)29-3)16-21-8-5-4-6-9-21/h4-15,25H,16-18H2,1-3H3,(H,29,32)/t25-/m1/s1. The molecular weight excluding hydrogens is 420 g/mol. The number of nitrogens with zero attached hydrogens (tertiary/aromatic N) is 1. The molecule has 0 spiro atoms. The van der Waals surface area contributed by atoms with Crippen molar-refractivity contribution in [2.75, 3.05) is 7.05 Å². The number of carbonyl (C=O) groups excluding carboxylic acids is 2. The summed E-state index contributed by atoms with van der Waals surface area (Å²) < 4.78 is 0.